The molecule has 170 valence electrons. The number of benzene rings is 3. The van der Waals surface area contributed by atoms with Crippen LogP contribution < -0.4 is 10.1 Å². The number of methoxy groups -OCH3 is 1. The molecule has 3 aromatic carbocycles. The van der Waals surface area contributed by atoms with Gasteiger partial charge in [-0.15, -0.1) is 0 Å². The van der Waals surface area contributed by atoms with Crippen LogP contribution in [0.15, 0.2) is 84.9 Å². The van der Waals surface area contributed by atoms with Crippen LogP contribution in [-0.4, -0.2) is 48.1 Å². The van der Waals surface area contributed by atoms with Gasteiger partial charge in [-0.3, -0.25) is 9.69 Å². The number of urea groups is 1. The first-order valence-electron chi connectivity index (χ1n) is 11.0. The summed E-state index contributed by atoms with van der Waals surface area (Å²) in [5.74, 6) is 0.582. The van der Waals surface area contributed by atoms with Gasteiger partial charge >= 0.3 is 6.03 Å². The normalized spacial score (nSPS) is 15.1. The fourth-order valence-electron chi connectivity index (χ4n) is 4.37. The Hall–Kier alpha value is -3.64. The molecule has 0 spiro atoms. The van der Waals surface area contributed by atoms with E-state index in [1.165, 1.54) is 4.90 Å². The average molecular weight is 444 g/mol. The van der Waals surface area contributed by atoms with Gasteiger partial charge < -0.3 is 10.1 Å². The highest BCUT2D eigenvalue weighted by Crippen LogP contribution is 2.27. The Bertz CT molecular complexity index is 1060. The highest BCUT2D eigenvalue weighted by Gasteiger charge is 2.51. The van der Waals surface area contributed by atoms with Crippen LogP contribution in [0.5, 0.6) is 5.75 Å². The maximum absolute atomic E-state index is 13.7. The molecule has 0 unspecified atom stereocenters. The molecule has 0 bridgehead atoms. The molecule has 1 heterocycles. The van der Waals surface area contributed by atoms with Crippen molar-refractivity contribution in [2.24, 2.45) is 0 Å². The molecule has 6 heteroatoms. The number of ether oxygens (including phenoxy) is 1. The number of amides is 3. The molecule has 6 nitrogen and oxygen atoms in total. The first-order chi connectivity index (χ1) is 16.0. The Morgan fingerprint density at radius 1 is 0.848 bits per heavy atom. The van der Waals surface area contributed by atoms with Gasteiger partial charge in [0.05, 0.1) is 13.8 Å². The summed E-state index contributed by atoms with van der Waals surface area (Å²) in [6.07, 6.45) is 0.868. The van der Waals surface area contributed by atoms with E-state index in [4.69, 9.17) is 4.74 Å². The first-order valence-corrected chi connectivity index (χ1v) is 11.0. The topological polar surface area (TPSA) is 61.9 Å². The van der Waals surface area contributed by atoms with Gasteiger partial charge in [-0.05, 0) is 35.9 Å². The van der Waals surface area contributed by atoms with Gasteiger partial charge in [-0.1, -0.05) is 72.8 Å². The van der Waals surface area contributed by atoms with Crippen molar-refractivity contribution in [1.29, 1.82) is 0 Å². The van der Waals surface area contributed by atoms with Gasteiger partial charge in [0.25, 0.3) is 5.91 Å². The van der Waals surface area contributed by atoms with E-state index in [0.717, 1.165) is 22.4 Å². The van der Waals surface area contributed by atoms with Crippen LogP contribution in [0.4, 0.5) is 4.79 Å². The quantitative estimate of drug-likeness (QED) is 0.510. The van der Waals surface area contributed by atoms with E-state index < -0.39 is 5.54 Å². The minimum absolute atomic E-state index is 0.197. The third kappa shape index (κ3) is 5.23. The van der Waals surface area contributed by atoms with Crippen LogP contribution in [0.2, 0.25) is 0 Å². The lowest BCUT2D eigenvalue weighted by atomic mass is 9.84. The van der Waals surface area contributed by atoms with Crippen molar-refractivity contribution in [2.75, 3.05) is 20.8 Å². The van der Waals surface area contributed by atoms with Crippen molar-refractivity contribution >= 4 is 11.9 Å². The summed E-state index contributed by atoms with van der Waals surface area (Å²) < 4.78 is 5.30. The number of hydrogen-bond acceptors (Lipinski definition) is 4. The van der Waals surface area contributed by atoms with Crippen LogP contribution in [0.1, 0.15) is 16.7 Å². The van der Waals surface area contributed by atoms with E-state index in [0.29, 0.717) is 19.4 Å². The maximum atomic E-state index is 13.7. The van der Waals surface area contributed by atoms with Crippen LogP contribution in [0.25, 0.3) is 0 Å². The molecule has 1 aliphatic rings. The molecule has 0 aromatic heterocycles. The Kier molecular flexibility index (Phi) is 6.75. The number of rotatable bonds is 9. The second kappa shape index (κ2) is 9.88. The largest absolute Gasteiger partial charge is 0.497 e. The second-order valence-corrected chi connectivity index (χ2v) is 8.58. The smallest absolute Gasteiger partial charge is 0.326 e. The summed E-state index contributed by atoms with van der Waals surface area (Å²) in [5.41, 5.74) is 2.04. The molecule has 0 saturated carbocycles. The number of carbonyl (C=O) groups is 2. The lowest BCUT2D eigenvalue weighted by Gasteiger charge is -2.28. The lowest BCUT2D eigenvalue weighted by Crippen LogP contribution is -2.51. The Morgan fingerprint density at radius 3 is 2.00 bits per heavy atom. The van der Waals surface area contributed by atoms with Crippen LogP contribution in [0.3, 0.4) is 0 Å². The van der Waals surface area contributed by atoms with Crippen molar-refractivity contribution in [2.45, 2.75) is 24.9 Å². The highest BCUT2D eigenvalue weighted by atomic mass is 16.5. The molecular weight excluding hydrogens is 414 g/mol. The van der Waals surface area contributed by atoms with Gasteiger partial charge in [-0.25, -0.2) is 9.69 Å². The predicted molar refractivity (Wildman–Crippen MR) is 128 cm³/mol. The van der Waals surface area contributed by atoms with Gasteiger partial charge in [0.1, 0.15) is 11.3 Å². The Morgan fingerprint density at radius 2 is 1.42 bits per heavy atom. The molecule has 0 atom stereocenters. The molecule has 1 fully saturated rings. The number of nitrogens with zero attached hydrogens (tertiary/aromatic N) is 2. The van der Waals surface area contributed by atoms with Crippen LogP contribution in [0, 0.1) is 0 Å². The number of imide groups is 1. The van der Waals surface area contributed by atoms with E-state index >= 15 is 0 Å². The molecule has 3 aromatic rings. The third-order valence-electron chi connectivity index (χ3n) is 5.91. The van der Waals surface area contributed by atoms with Crippen molar-refractivity contribution < 1.29 is 14.3 Å². The second-order valence-electron chi connectivity index (χ2n) is 8.58. The summed E-state index contributed by atoms with van der Waals surface area (Å²) in [6.45, 7) is 0.784. The third-order valence-corrected chi connectivity index (χ3v) is 5.91. The molecule has 1 saturated heterocycles. The van der Waals surface area contributed by atoms with E-state index in [1.54, 1.807) is 7.11 Å². The molecule has 0 radical (unpaired) electrons. The summed E-state index contributed by atoms with van der Waals surface area (Å²) in [5, 5.41) is 3.04. The molecule has 1 N–H and O–H groups in total. The molecule has 3 amide bonds. The standard InChI is InChI=1S/C27H29N3O3/c1-29(19-23-14-9-15-24(16-23)33-2)20-30-25(31)27(28-26(30)32,17-21-10-5-3-6-11-21)18-22-12-7-4-8-13-22/h3-16H,17-20H2,1-2H3,(H,28,32). The zero-order valence-electron chi connectivity index (χ0n) is 19.0. The SMILES string of the molecule is COc1cccc(CN(C)CN2C(=O)NC(Cc3ccccc3)(Cc3ccccc3)C2=O)c1. The summed E-state index contributed by atoms with van der Waals surface area (Å²) >= 11 is 0. The first kappa shape index (κ1) is 22.6. The number of nitrogens with one attached hydrogen (secondary N) is 1. The average Bonchev–Trinajstić information content (AvgIpc) is 3.04. The van der Waals surface area contributed by atoms with E-state index in [2.05, 4.69) is 5.32 Å². The molecule has 4 rings (SSSR count). The number of carbonyl (C=O) groups excluding carboxylic acids is 2. The minimum Gasteiger partial charge on any atom is -0.497 e. The van der Waals surface area contributed by atoms with E-state index in [9.17, 15) is 9.59 Å². The van der Waals surface area contributed by atoms with Crippen molar-refractivity contribution in [3.05, 3.63) is 102 Å². The minimum atomic E-state index is -1.02. The summed E-state index contributed by atoms with van der Waals surface area (Å²) in [6, 6.07) is 27.1. The van der Waals surface area contributed by atoms with Crippen molar-refractivity contribution in [1.82, 2.24) is 15.1 Å². The summed E-state index contributed by atoms with van der Waals surface area (Å²) in [4.78, 5) is 30.0. The van der Waals surface area contributed by atoms with Crippen molar-refractivity contribution in [3.8, 4) is 5.75 Å². The summed E-state index contributed by atoms with van der Waals surface area (Å²) in [7, 11) is 3.53. The predicted octanol–water partition coefficient (Wildman–Crippen LogP) is 3.86. The van der Waals surface area contributed by atoms with Crippen LogP contribution >= 0.6 is 0 Å². The molecule has 1 aliphatic heterocycles. The van der Waals surface area contributed by atoms with Gasteiger partial charge in [0.15, 0.2) is 0 Å². The Labute approximate surface area is 194 Å². The highest BCUT2D eigenvalue weighted by molar-refractivity contribution is 6.07. The zero-order valence-corrected chi connectivity index (χ0v) is 19.0. The molecule has 0 aliphatic carbocycles. The van der Waals surface area contributed by atoms with Gasteiger partial charge in [0, 0.05) is 19.4 Å². The van der Waals surface area contributed by atoms with Gasteiger partial charge in [0.2, 0.25) is 0 Å². The van der Waals surface area contributed by atoms with E-state index in [1.807, 2.05) is 96.9 Å². The van der Waals surface area contributed by atoms with Crippen molar-refractivity contribution in [3.63, 3.8) is 0 Å². The maximum Gasteiger partial charge on any atom is 0.326 e. The Balaban J connectivity index is 1.54. The fourth-order valence-corrected chi connectivity index (χ4v) is 4.37. The monoisotopic (exact) mass is 443 g/mol. The van der Waals surface area contributed by atoms with E-state index in [-0.39, 0.29) is 18.6 Å². The molecular formula is C27H29N3O3. The fraction of sp³-hybridized carbons (Fsp3) is 0.259. The zero-order chi connectivity index (χ0) is 23.3. The lowest BCUT2D eigenvalue weighted by molar-refractivity contribution is -0.132. The molecule has 33 heavy (non-hydrogen) atoms. The number of hydrogen-bond donors (Lipinski definition) is 1. The van der Waals surface area contributed by atoms with Gasteiger partial charge in [-0.2, -0.15) is 0 Å². The van der Waals surface area contributed by atoms with Crippen LogP contribution in [-0.2, 0) is 24.2 Å².